The van der Waals surface area contributed by atoms with Crippen LogP contribution in [0.5, 0.6) is 0 Å². The summed E-state index contributed by atoms with van der Waals surface area (Å²) in [5, 5.41) is 1.18. The number of nitrogens with two attached hydrogens (primary N) is 2. The zero-order valence-electron chi connectivity index (χ0n) is 22.4. The normalized spacial score (nSPS) is 32.1. The van der Waals surface area contributed by atoms with Crippen molar-refractivity contribution in [2.75, 3.05) is 19.6 Å². The molecule has 1 aromatic heterocycles. The Morgan fingerprint density at radius 3 is 2.58 bits per heavy atom. The van der Waals surface area contributed by atoms with Crippen molar-refractivity contribution < 1.29 is 4.79 Å². The van der Waals surface area contributed by atoms with E-state index in [1.807, 2.05) is 0 Å². The van der Waals surface area contributed by atoms with Crippen LogP contribution in [0.2, 0.25) is 0 Å². The van der Waals surface area contributed by atoms with E-state index in [2.05, 4.69) is 64.5 Å². The number of benzene rings is 1. The molecule has 1 amide bonds. The molecule has 0 spiro atoms. The molecule has 1 aromatic carbocycles. The van der Waals surface area contributed by atoms with Crippen LogP contribution < -0.4 is 11.5 Å². The molecule has 6 rings (SSSR count). The number of thiophene rings is 1. The van der Waals surface area contributed by atoms with Gasteiger partial charge in [-0.05, 0) is 110 Å². The highest BCUT2D eigenvalue weighted by atomic mass is 32.1. The average Bonchev–Trinajstić information content (AvgIpc) is 3.51. The predicted molar refractivity (Wildman–Crippen MR) is 158 cm³/mol. The number of aliphatic imine (C=N–C) groups is 1. The fourth-order valence-corrected chi connectivity index (χ4v) is 9.23. The number of allylic oxidation sites excluding steroid dienone is 4. The van der Waals surface area contributed by atoms with E-state index in [0.717, 1.165) is 68.5 Å². The second-order valence-electron chi connectivity index (χ2n) is 12.4. The molecule has 1 heterocycles. The van der Waals surface area contributed by atoms with E-state index >= 15 is 0 Å². The summed E-state index contributed by atoms with van der Waals surface area (Å²) < 4.78 is 1.20. The number of guanidine groups is 1. The van der Waals surface area contributed by atoms with Crippen molar-refractivity contribution in [3.05, 3.63) is 59.5 Å². The molecule has 4 N–H and O–H groups in total. The Morgan fingerprint density at radius 2 is 1.76 bits per heavy atom. The Bertz CT molecular complexity index is 1200. The molecule has 2 fully saturated rings. The molecule has 4 unspecified atom stereocenters. The highest BCUT2D eigenvalue weighted by Gasteiger charge is 2.53. The van der Waals surface area contributed by atoms with Gasteiger partial charge in [-0.1, -0.05) is 42.5 Å². The summed E-state index contributed by atoms with van der Waals surface area (Å²) >= 11 is 1.66. The van der Waals surface area contributed by atoms with Gasteiger partial charge in [0.1, 0.15) is 0 Å². The minimum atomic E-state index is 0.190. The molecule has 4 aliphatic carbocycles. The highest BCUT2D eigenvalue weighted by molar-refractivity contribution is 7.20. The van der Waals surface area contributed by atoms with Crippen molar-refractivity contribution in [1.82, 2.24) is 4.90 Å². The first kappa shape index (κ1) is 25.7. The molecule has 202 valence electrons. The summed E-state index contributed by atoms with van der Waals surface area (Å²) in [5.41, 5.74) is 11.4. The zero-order chi connectivity index (χ0) is 26.1. The topological polar surface area (TPSA) is 84.7 Å². The standard InChI is InChI=1S/C32H42N4OS/c33-31(34)35-19-22-12-14-23(15-13-22)20-36(30(37)29-17-24-7-2-4-11-28(24)38-29)21-32-16-6-5-10-27(32)26-9-3-1-8-25(26)18-32/h1-7,11,17,22-23,25-27H,8-10,12-16,18-21H2,(H4,33,34,35). The third-order valence-electron chi connectivity index (χ3n) is 10.1. The molecule has 2 saturated carbocycles. The minimum absolute atomic E-state index is 0.190. The van der Waals surface area contributed by atoms with Gasteiger partial charge in [-0.25, -0.2) is 0 Å². The number of nitrogens with zero attached hydrogens (tertiary/aromatic N) is 2. The Labute approximate surface area is 231 Å². The Morgan fingerprint density at radius 1 is 1.00 bits per heavy atom. The van der Waals surface area contributed by atoms with E-state index in [0.29, 0.717) is 17.8 Å². The quantitative estimate of drug-likeness (QED) is 0.248. The summed E-state index contributed by atoms with van der Waals surface area (Å²) in [6.07, 6.45) is 20.2. The largest absolute Gasteiger partial charge is 0.370 e. The first-order valence-electron chi connectivity index (χ1n) is 14.6. The lowest BCUT2D eigenvalue weighted by atomic mass is 9.67. The van der Waals surface area contributed by atoms with Gasteiger partial charge in [0.15, 0.2) is 5.96 Å². The number of fused-ring (bicyclic) bond motifs is 4. The number of carbonyl (C=O) groups excluding carboxylic acids is 1. The van der Waals surface area contributed by atoms with Crippen molar-refractivity contribution in [2.45, 2.75) is 57.8 Å². The third-order valence-corrected chi connectivity index (χ3v) is 11.2. The Hall–Kier alpha value is -2.60. The number of amides is 1. The van der Waals surface area contributed by atoms with Crippen LogP contribution >= 0.6 is 11.3 Å². The number of hydrogen-bond donors (Lipinski definition) is 2. The van der Waals surface area contributed by atoms with Crippen LogP contribution in [-0.2, 0) is 0 Å². The van der Waals surface area contributed by atoms with E-state index < -0.39 is 0 Å². The van der Waals surface area contributed by atoms with Crippen LogP contribution in [0, 0.1) is 35.0 Å². The van der Waals surface area contributed by atoms with Crippen molar-refractivity contribution in [3.63, 3.8) is 0 Å². The highest BCUT2D eigenvalue weighted by Crippen LogP contribution is 2.59. The van der Waals surface area contributed by atoms with Gasteiger partial charge in [0.2, 0.25) is 0 Å². The second kappa shape index (κ2) is 10.9. The molecule has 4 aliphatic rings. The summed E-state index contributed by atoms with van der Waals surface area (Å²) in [5.74, 6) is 3.77. The van der Waals surface area contributed by atoms with E-state index in [4.69, 9.17) is 11.5 Å². The monoisotopic (exact) mass is 530 g/mol. The van der Waals surface area contributed by atoms with Gasteiger partial charge in [0.25, 0.3) is 5.91 Å². The molecule has 38 heavy (non-hydrogen) atoms. The first-order chi connectivity index (χ1) is 18.5. The van der Waals surface area contributed by atoms with Crippen LogP contribution in [0.3, 0.4) is 0 Å². The molecule has 5 nitrogen and oxygen atoms in total. The van der Waals surface area contributed by atoms with Crippen LogP contribution in [0.15, 0.2) is 59.6 Å². The lowest BCUT2D eigenvalue weighted by Gasteiger charge is -2.43. The van der Waals surface area contributed by atoms with Gasteiger partial charge in [-0.2, -0.15) is 0 Å². The summed E-state index contributed by atoms with van der Waals surface area (Å²) in [4.78, 5) is 21.7. The maximum absolute atomic E-state index is 14.3. The van der Waals surface area contributed by atoms with E-state index in [1.165, 1.54) is 35.8 Å². The SMILES string of the molecule is NC(N)=NCC1CCC(CN(CC23CC=CCC2C2CC=CCC2C3)C(=O)c2cc3ccccc3s2)CC1. The van der Waals surface area contributed by atoms with Gasteiger partial charge in [-0.15, -0.1) is 11.3 Å². The van der Waals surface area contributed by atoms with E-state index in [9.17, 15) is 4.79 Å². The first-order valence-corrected chi connectivity index (χ1v) is 15.5. The van der Waals surface area contributed by atoms with Gasteiger partial charge in [0, 0.05) is 24.3 Å². The molecule has 4 atom stereocenters. The molecule has 0 saturated heterocycles. The maximum atomic E-state index is 14.3. The Kier molecular flexibility index (Phi) is 7.35. The Balaban J connectivity index is 1.24. The lowest BCUT2D eigenvalue weighted by molar-refractivity contribution is 0.0479. The van der Waals surface area contributed by atoms with Gasteiger partial charge in [0.05, 0.1) is 4.88 Å². The van der Waals surface area contributed by atoms with Crippen LogP contribution in [0.25, 0.3) is 10.1 Å². The van der Waals surface area contributed by atoms with Crippen molar-refractivity contribution in [2.24, 2.45) is 51.5 Å². The van der Waals surface area contributed by atoms with E-state index in [1.54, 1.807) is 11.3 Å². The fourth-order valence-electron chi connectivity index (χ4n) is 8.20. The summed E-state index contributed by atoms with van der Waals surface area (Å²) in [7, 11) is 0. The minimum Gasteiger partial charge on any atom is -0.370 e. The number of hydrogen-bond acceptors (Lipinski definition) is 3. The average molecular weight is 531 g/mol. The zero-order valence-corrected chi connectivity index (χ0v) is 23.3. The van der Waals surface area contributed by atoms with Crippen molar-refractivity contribution >= 4 is 33.3 Å². The molecule has 6 heteroatoms. The fraction of sp³-hybridized carbons (Fsp3) is 0.562. The molecule has 2 aromatic rings. The molecular weight excluding hydrogens is 488 g/mol. The predicted octanol–water partition coefficient (Wildman–Crippen LogP) is 6.36. The number of carbonyl (C=O) groups is 1. The van der Waals surface area contributed by atoms with E-state index in [-0.39, 0.29) is 17.3 Å². The summed E-state index contributed by atoms with van der Waals surface area (Å²) in [6, 6.07) is 10.5. The molecular formula is C32H42N4OS. The van der Waals surface area contributed by atoms with Crippen molar-refractivity contribution in [3.8, 4) is 0 Å². The van der Waals surface area contributed by atoms with Gasteiger partial charge in [-0.3, -0.25) is 9.79 Å². The maximum Gasteiger partial charge on any atom is 0.263 e. The van der Waals surface area contributed by atoms with Crippen molar-refractivity contribution in [1.29, 1.82) is 0 Å². The third kappa shape index (κ3) is 5.16. The molecule has 0 radical (unpaired) electrons. The van der Waals surface area contributed by atoms with Crippen LogP contribution in [-0.4, -0.2) is 36.4 Å². The van der Waals surface area contributed by atoms with Gasteiger partial charge < -0.3 is 16.4 Å². The van der Waals surface area contributed by atoms with Crippen LogP contribution in [0.4, 0.5) is 0 Å². The smallest absolute Gasteiger partial charge is 0.263 e. The summed E-state index contributed by atoms with van der Waals surface area (Å²) in [6.45, 7) is 2.50. The van der Waals surface area contributed by atoms with Crippen LogP contribution in [0.1, 0.15) is 67.5 Å². The number of rotatable bonds is 7. The van der Waals surface area contributed by atoms with Gasteiger partial charge >= 0.3 is 0 Å². The lowest BCUT2D eigenvalue weighted by Crippen LogP contribution is -2.46. The molecule has 0 bridgehead atoms. The molecule has 0 aliphatic heterocycles. The second-order valence-corrected chi connectivity index (χ2v) is 13.5.